The third-order valence-corrected chi connectivity index (χ3v) is 3.89. The van der Waals surface area contributed by atoms with Crippen molar-refractivity contribution in [3.05, 3.63) is 71.6 Å². The van der Waals surface area contributed by atoms with Gasteiger partial charge < -0.3 is 13.9 Å². The van der Waals surface area contributed by atoms with Gasteiger partial charge in [0.05, 0.1) is 7.11 Å². The van der Waals surface area contributed by atoms with Crippen LogP contribution in [0.2, 0.25) is 0 Å². The van der Waals surface area contributed by atoms with Gasteiger partial charge in [0, 0.05) is 11.6 Å². The van der Waals surface area contributed by atoms with Gasteiger partial charge in [-0.3, -0.25) is 0 Å². The molecule has 0 N–H and O–H groups in total. The van der Waals surface area contributed by atoms with Gasteiger partial charge in [-0.2, -0.15) is 0 Å². The third-order valence-electron chi connectivity index (χ3n) is 3.89. The summed E-state index contributed by atoms with van der Waals surface area (Å²) in [7, 11) is 1.59. The molecule has 6 heteroatoms. The Balaban J connectivity index is 1.63. The fourth-order valence-corrected chi connectivity index (χ4v) is 2.39. The van der Waals surface area contributed by atoms with Crippen LogP contribution in [0.15, 0.2) is 59.0 Å². The first-order valence-corrected chi connectivity index (χ1v) is 8.48. The number of carbonyl (C=O) groups is 1. The van der Waals surface area contributed by atoms with Crippen LogP contribution in [0.4, 0.5) is 0 Å². The topological polar surface area (TPSA) is 74.5 Å². The fourth-order valence-electron chi connectivity index (χ4n) is 2.39. The summed E-state index contributed by atoms with van der Waals surface area (Å²) < 4.78 is 16.1. The van der Waals surface area contributed by atoms with Crippen LogP contribution in [-0.4, -0.2) is 23.3 Å². The first kappa shape index (κ1) is 18.4. The lowest BCUT2D eigenvalue weighted by atomic mass is 10.1. The number of benzene rings is 2. The Labute approximate surface area is 157 Å². The minimum Gasteiger partial charge on any atom is -0.497 e. The molecule has 6 nitrogen and oxygen atoms in total. The lowest BCUT2D eigenvalue weighted by Crippen LogP contribution is -2.06. The van der Waals surface area contributed by atoms with Gasteiger partial charge >= 0.3 is 5.97 Å². The van der Waals surface area contributed by atoms with Crippen LogP contribution < -0.4 is 4.74 Å². The molecule has 0 aliphatic heterocycles. The van der Waals surface area contributed by atoms with Gasteiger partial charge in [0.15, 0.2) is 6.10 Å². The van der Waals surface area contributed by atoms with Crippen LogP contribution in [0.25, 0.3) is 17.5 Å². The number of ether oxygens (including phenoxy) is 2. The molecule has 3 aromatic rings. The van der Waals surface area contributed by atoms with Crippen molar-refractivity contribution in [3.63, 3.8) is 0 Å². The molecule has 0 spiro atoms. The van der Waals surface area contributed by atoms with Gasteiger partial charge in [-0.25, -0.2) is 4.79 Å². The molecule has 0 saturated heterocycles. The van der Waals surface area contributed by atoms with E-state index in [1.54, 1.807) is 20.1 Å². The average Bonchev–Trinajstić information content (AvgIpc) is 3.17. The van der Waals surface area contributed by atoms with Gasteiger partial charge in [-0.15, -0.1) is 10.2 Å². The lowest BCUT2D eigenvalue weighted by Gasteiger charge is -2.07. The van der Waals surface area contributed by atoms with Gasteiger partial charge in [0.25, 0.3) is 5.89 Å². The van der Waals surface area contributed by atoms with Crippen molar-refractivity contribution >= 4 is 12.0 Å². The zero-order chi connectivity index (χ0) is 19.2. The Morgan fingerprint density at radius 1 is 1.15 bits per heavy atom. The smallest absolute Gasteiger partial charge is 0.331 e. The minimum atomic E-state index is -0.654. The summed E-state index contributed by atoms with van der Waals surface area (Å²) in [5.74, 6) is 0.849. The van der Waals surface area contributed by atoms with Crippen molar-refractivity contribution in [3.8, 4) is 17.2 Å². The van der Waals surface area contributed by atoms with Crippen molar-refractivity contribution < 1.29 is 18.7 Å². The van der Waals surface area contributed by atoms with E-state index in [1.165, 1.54) is 6.08 Å². The summed E-state index contributed by atoms with van der Waals surface area (Å²) >= 11 is 0. The highest BCUT2D eigenvalue weighted by atomic mass is 16.6. The van der Waals surface area contributed by atoms with Crippen LogP contribution in [0, 0.1) is 6.92 Å². The van der Waals surface area contributed by atoms with Crippen molar-refractivity contribution in [1.29, 1.82) is 0 Å². The van der Waals surface area contributed by atoms with Crippen LogP contribution in [0.5, 0.6) is 5.75 Å². The maximum absolute atomic E-state index is 12.0. The first-order chi connectivity index (χ1) is 13.0. The Morgan fingerprint density at radius 2 is 1.93 bits per heavy atom. The van der Waals surface area contributed by atoms with Crippen LogP contribution >= 0.6 is 0 Å². The molecule has 1 heterocycles. The number of rotatable bonds is 6. The van der Waals surface area contributed by atoms with E-state index in [9.17, 15) is 4.79 Å². The molecule has 138 valence electrons. The van der Waals surface area contributed by atoms with Crippen LogP contribution in [0.3, 0.4) is 0 Å². The molecule has 0 aliphatic carbocycles. The number of hydrogen-bond donors (Lipinski definition) is 0. The maximum Gasteiger partial charge on any atom is 0.331 e. The SMILES string of the molecule is COc1cccc(/C=C/C(=O)O[C@@H](C)c2nnc(-c3ccc(C)cc3)o2)c1. The largest absolute Gasteiger partial charge is 0.497 e. The Kier molecular flexibility index (Phi) is 5.66. The highest BCUT2D eigenvalue weighted by Gasteiger charge is 2.18. The van der Waals surface area contributed by atoms with Crippen LogP contribution in [-0.2, 0) is 9.53 Å². The van der Waals surface area contributed by atoms with E-state index in [4.69, 9.17) is 13.9 Å². The predicted octanol–water partition coefficient (Wildman–Crippen LogP) is 4.37. The number of carbonyl (C=O) groups excluding carboxylic acids is 1. The average molecular weight is 364 g/mol. The maximum atomic E-state index is 12.0. The molecule has 0 saturated carbocycles. The van der Waals surface area contributed by atoms with Gasteiger partial charge in [0.1, 0.15) is 5.75 Å². The second-order valence-corrected chi connectivity index (χ2v) is 6.00. The van der Waals surface area contributed by atoms with E-state index >= 15 is 0 Å². The summed E-state index contributed by atoms with van der Waals surface area (Å²) in [6.45, 7) is 3.69. The monoisotopic (exact) mass is 364 g/mol. The van der Waals surface area contributed by atoms with Gasteiger partial charge in [-0.05, 0) is 49.8 Å². The number of aryl methyl sites for hydroxylation is 1. The Morgan fingerprint density at radius 3 is 2.67 bits per heavy atom. The number of esters is 1. The zero-order valence-corrected chi connectivity index (χ0v) is 15.4. The molecule has 1 atom stereocenters. The summed E-state index contributed by atoms with van der Waals surface area (Å²) in [5.41, 5.74) is 2.79. The molecule has 0 unspecified atom stereocenters. The Hall–Kier alpha value is -3.41. The predicted molar refractivity (Wildman–Crippen MR) is 101 cm³/mol. The number of aromatic nitrogens is 2. The van der Waals surface area contributed by atoms with E-state index in [0.717, 1.165) is 16.7 Å². The normalized spacial score (nSPS) is 12.1. The molecule has 0 amide bonds. The standard InChI is InChI=1S/C21H20N2O4/c1-14-7-10-17(11-8-14)21-23-22-20(27-21)15(2)26-19(24)12-9-16-5-4-6-18(13-16)25-3/h4-13,15H,1-3H3/b12-9+/t15-/m0/s1. The summed E-state index contributed by atoms with van der Waals surface area (Å²) in [6, 6.07) is 15.1. The number of hydrogen-bond acceptors (Lipinski definition) is 6. The third kappa shape index (κ3) is 4.82. The second-order valence-electron chi connectivity index (χ2n) is 6.00. The first-order valence-electron chi connectivity index (χ1n) is 8.48. The summed E-state index contributed by atoms with van der Waals surface area (Å²) in [6.07, 6.45) is 2.35. The number of nitrogens with zero attached hydrogens (tertiary/aromatic N) is 2. The van der Waals surface area contributed by atoms with Crippen molar-refractivity contribution in [1.82, 2.24) is 10.2 Å². The molecule has 27 heavy (non-hydrogen) atoms. The van der Waals surface area contributed by atoms with E-state index in [-0.39, 0.29) is 5.89 Å². The lowest BCUT2D eigenvalue weighted by molar-refractivity contribution is -0.143. The van der Waals surface area contributed by atoms with Crippen molar-refractivity contribution in [2.24, 2.45) is 0 Å². The highest BCUT2D eigenvalue weighted by Crippen LogP contribution is 2.23. The molecule has 1 aromatic heterocycles. The van der Waals surface area contributed by atoms with Gasteiger partial charge in [0.2, 0.25) is 5.89 Å². The minimum absolute atomic E-state index is 0.244. The van der Waals surface area contributed by atoms with E-state index in [2.05, 4.69) is 10.2 Å². The molecular weight excluding hydrogens is 344 g/mol. The van der Waals surface area contributed by atoms with E-state index < -0.39 is 12.1 Å². The quantitative estimate of drug-likeness (QED) is 0.477. The molecule has 0 bridgehead atoms. The molecule has 0 radical (unpaired) electrons. The van der Waals surface area contributed by atoms with Crippen molar-refractivity contribution in [2.45, 2.75) is 20.0 Å². The summed E-state index contributed by atoms with van der Waals surface area (Å²) in [5, 5.41) is 7.99. The van der Waals surface area contributed by atoms with E-state index in [0.29, 0.717) is 11.6 Å². The van der Waals surface area contributed by atoms with Crippen molar-refractivity contribution in [2.75, 3.05) is 7.11 Å². The highest BCUT2D eigenvalue weighted by molar-refractivity contribution is 5.87. The molecule has 2 aromatic carbocycles. The van der Waals surface area contributed by atoms with E-state index in [1.807, 2.05) is 55.5 Å². The Bertz CT molecular complexity index is 945. The van der Waals surface area contributed by atoms with Gasteiger partial charge in [-0.1, -0.05) is 29.8 Å². The van der Waals surface area contributed by atoms with Crippen LogP contribution in [0.1, 0.15) is 30.0 Å². The zero-order valence-electron chi connectivity index (χ0n) is 15.4. The molecule has 0 fully saturated rings. The molecule has 3 rings (SSSR count). The molecular formula is C21H20N2O4. The summed E-state index contributed by atoms with van der Waals surface area (Å²) in [4.78, 5) is 12.0. The fraction of sp³-hybridized carbons (Fsp3) is 0.190. The second kappa shape index (κ2) is 8.31. The molecule has 0 aliphatic rings. The number of methoxy groups -OCH3 is 1.